The summed E-state index contributed by atoms with van der Waals surface area (Å²) in [7, 11) is 0. The van der Waals surface area contributed by atoms with Crippen LogP contribution in [0.3, 0.4) is 0 Å². The zero-order valence-electron chi connectivity index (χ0n) is 7.36. The number of amides is 1. The highest BCUT2D eigenvalue weighted by Crippen LogP contribution is 1.89. The van der Waals surface area contributed by atoms with Crippen molar-refractivity contribution in [2.24, 2.45) is 0 Å². The quantitative estimate of drug-likeness (QED) is 0.443. The van der Waals surface area contributed by atoms with E-state index in [2.05, 4.69) is 4.74 Å². The number of hydrogen-bond donors (Lipinski definition) is 2. The predicted octanol–water partition coefficient (Wildman–Crippen LogP) is -0.861. The standard InChI is InChI=1S/C7H11NO5/c1-3-13-7(12)5(6(10)11)8-4(2)9/h5H,3H2,1-2H3,(H,8,9)(H,10,11)/t5-/m0/s1. The van der Waals surface area contributed by atoms with Crippen molar-refractivity contribution < 1.29 is 24.2 Å². The van der Waals surface area contributed by atoms with Crippen LogP contribution in [0, 0.1) is 0 Å². The van der Waals surface area contributed by atoms with Crippen LogP contribution in [0.1, 0.15) is 13.8 Å². The molecular formula is C7H11NO5. The topological polar surface area (TPSA) is 92.7 Å². The van der Waals surface area contributed by atoms with Gasteiger partial charge >= 0.3 is 11.9 Å². The predicted molar refractivity (Wildman–Crippen MR) is 41.9 cm³/mol. The molecule has 0 aromatic heterocycles. The van der Waals surface area contributed by atoms with Gasteiger partial charge in [-0.05, 0) is 6.92 Å². The zero-order valence-corrected chi connectivity index (χ0v) is 7.36. The summed E-state index contributed by atoms with van der Waals surface area (Å²) in [5.41, 5.74) is 0. The van der Waals surface area contributed by atoms with Gasteiger partial charge in [0.1, 0.15) is 0 Å². The van der Waals surface area contributed by atoms with Crippen LogP contribution >= 0.6 is 0 Å². The lowest BCUT2D eigenvalue weighted by Gasteiger charge is -2.10. The molecule has 1 amide bonds. The van der Waals surface area contributed by atoms with E-state index in [1.54, 1.807) is 6.92 Å². The van der Waals surface area contributed by atoms with E-state index in [4.69, 9.17) is 5.11 Å². The molecule has 0 aromatic carbocycles. The van der Waals surface area contributed by atoms with Crippen molar-refractivity contribution in [3.63, 3.8) is 0 Å². The molecule has 0 spiro atoms. The van der Waals surface area contributed by atoms with E-state index in [0.29, 0.717) is 0 Å². The lowest BCUT2D eigenvalue weighted by atomic mass is 10.3. The Kier molecular flexibility index (Phi) is 4.50. The van der Waals surface area contributed by atoms with Crippen LogP contribution in [0.25, 0.3) is 0 Å². The van der Waals surface area contributed by atoms with Gasteiger partial charge in [0, 0.05) is 6.92 Å². The van der Waals surface area contributed by atoms with E-state index >= 15 is 0 Å². The molecule has 0 unspecified atom stereocenters. The second kappa shape index (κ2) is 5.13. The number of hydrogen-bond acceptors (Lipinski definition) is 4. The van der Waals surface area contributed by atoms with Crippen molar-refractivity contribution in [1.29, 1.82) is 0 Å². The van der Waals surface area contributed by atoms with Gasteiger partial charge in [-0.2, -0.15) is 0 Å². The summed E-state index contributed by atoms with van der Waals surface area (Å²) in [6.45, 7) is 2.74. The number of carbonyl (C=O) groups is 3. The highest BCUT2D eigenvalue weighted by Gasteiger charge is 2.28. The number of carboxylic acids is 1. The average Bonchev–Trinajstić information content (AvgIpc) is 1.99. The molecule has 0 aliphatic carbocycles. The minimum atomic E-state index is -1.61. The summed E-state index contributed by atoms with van der Waals surface area (Å²) in [6.07, 6.45) is 0. The van der Waals surface area contributed by atoms with E-state index in [-0.39, 0.29) is 6.61 Å². The van der Waals surface area contributed by atoms with Crippen LogP contribution in [0.5, 0.6) is 0 Å². The fourth-order valence-electron chi connectivity index (χ4n) is 0.650. The van der Waals surface area contributed by atoms with Gasteiger partial charge in [-0.15, -0.1) is 0 Å². The van der Waals surface area contributed by atoms with Gasteiger partial charge in [0.05, 0.1) is 6.61 Å². The van der Waals surface area contributed by atoms with E-state index < -0.39 is 23.9 Å². The Bertz CT molecular complexity index is 225. The summed E-state index contributed by atoms with van der Waals surface area (Å²) >= 11 is 0. The fourth-order valence-corrected chi connectivity index (χ4v) is 0.650. The van der Waals surface area contributed by atoms with E-state index in [0.717, 1.165) is 6.92 Å². The molecule has 0 aliphatic heterocycles. The number of carboxylic acid groups (broad SMARTS) is 1. The summed E-state index contributed by atoms with van der Waals surface area (Å²) in [5.74, 6) is -3.00. The molecule has 74 valence electrons. The first-order valence-corrected chi connectivity index (χ1v) is 3.65. The molecule has 2 N–H and O–H groups in total. The van der Waals surface area contributed by atoms with Crippen LogP contribution < -0.4 is 5.32 Å². The third-order valence-corrected chi connectivity index (χ3v) is 1.12. The highest BCUT2D eigenvalue weighted by molar-refractivity contribution is 6.01. The van der Waals surface area contributed by atoms with Crippen LogP contribution in [0.2, 0.25) is 0 Å². The van der Waals surface area contributed by atoms with Crippen molar-refractivity contribution in [3.05, 3.63) is 0 Å². The molecule has 0 rings (SSSR count). The van der Waals surface area contributed by atoms with Gasteiger partial charge < -0.3 is 15.2 Å². The van der Waals surface area contributed by atoms with Crippen molar-refractivity contribution in [1.82, 2.24) is 5.32 Å². The molecule has 0 aromatic rings. The third kappa shape index (κ3) is 4.09. The van der Waals surface area contributed by atoms with E-state index in [1.165, 1.54) is 0 Å². The number of ether oxygens (including phenoxy) is 1. The third-order valence-electron chi connectivity index (χ3n) is 1.12. The highest BCUT2D eigenvalue weighted by atomic mass is 16.5. The fraction of sp³-hybridized carbons (Fsp3) is 0.571. The minimum Gasteiger partial charge on any atom is -0.479 e. The Balaban J connectivity index is 4.32. The monoisotopic (exact) mass is 189 g/mol. The Hall–Kier alpha value is -1.59. The lowest BCUT2D eigenvalue weighted by molar-refractivity contribution is -0.156. The van der Waals surface area contributed by atoms with Gasteiger partial charge in [0.15, 0.2) is 0 Å². The summed E-state index contributed by atoms with van der Waals surface area (Å²) in [4.78, 5) is 31.8. The van der Waals surface area contributed by atoms with Gasteiger partial charge in [0.2, 0.25) is 11.9 Å². The molecule has 0 heterocycles. The molecule has 0 radical (unpaired) electrons. The molecule has 0 saturated carbocycles. The zero-order chi connectivity index (χ0) is 10.4. The molecule has 0 bridgehead atoms. The maximum Gasteiger partial charge on any atom is 0.340 e. The normalized spacial score (nSPS) is 11.5. The average molecular weight is 189 g/mol. The molecule has 0 aliphatic rings. The number of esters is 1. The first kappa shape index (κ1) is 11.4. The second-order valence-corrected chi connectivity index (χ2v) is 2.22. The Morgan fingerprint density at radius 2 is 2.00 bits per heavy atom. The van der Waals surface area contributed by atoms with Gasteiger partial charge in [-0.3, -0.25) is 4.79 Å². The lowest BCUT2D eigenvalue weighted by Crippen LogP contribution is -2.46. The van der Waals surface area contributed by atoms with E-state index in [9.17, 15) is 14.4 Å². The second-order valence-electron chi connectivity index (χ2n) is 2.22. The van der Waals surface area contributed by atoms with Crippen molar-refractivity contribution >= 4 is 17.8 Å². The van der Waals surface area contributed by atoms with Crippen LogP contribution in [-0.4, -0.2) is 35.6 Å². The van der Waals surface area contributed by atoms with Crippen molar-refractivity contribution in [3.8, 4) is 0 Å². The first-order chi connectivity index (χ1) is 5.99. The minimum absolute atomic E-state index is 0.0716. The molecule has 0 saturated heterocycles. The first-order valence-electron chi connectivity index (χ1n) is 3.65. The smallest absolute Gasteiger partial charge is 0.340 e. The Morgan fingerprint density at radius 1 is 1.46 bits per heavy atom. The molecule has 13 heavy (non-hydrogen) atoms. The maximum absolute atomic E-state index is 10.9. The molecule has 0 fully saturated rings. The van der Waals surface area contributed by atoms with Crippen LogP contribution in [0.4, 0.5) is 0 Å². The van der Waals surface area contributed by atoms with E-state index in [1.807, 2.05) is 5.32 Å². The molecule has 1 atom stereocenters. The molecule has 6 heteroatoms. The molecule has 6 nitrogen and oxygen atoms in total. The Labute approximate surface area is 74.9 Å². The summed E-state index contributed by atoms with van der Waals surface area (Å²) < 4.78 is 4.43. The van der Waals surface area contributed by atoms with Crippen molar-refractivity contribution in [2.45, 2.75) is 19.9 Å². The van der Waals surface area contributed by atoms with Gasteiger partial charge in [-0.1, -0.05) is 0 Å². The maximum atomic E-state index is 10.9. The van der Waals surface area contributed by atoms with Crippen molar-refractivity contribution in [2.75, 3.05) is 6.61 Å². The van der Waals surface area contributed by atoms with Crippen LogP contribution in [-0.2, 0) is 19.1 Å². The van der Waals surface area contributed by atoms with Crippen LogP contribution in [0.15, 0.2) is 0 Å². The summed E-state index contributed by atoms with van der Waals surface area (Å²) in [6, 6.07) is -1.61. The Morgan fingerprint density at radius 3 is 2.31 bits per heavy atom. The number of rotatable bonds is 4. The number of carbonyl (C=O) groups excluding carboxylic acids is 2. The molecular weight excluding hydrogens is 178 g/mol. The summed E-state index contributed by atoms with van der Waals surface area (Å²) in [5, 5.41) is 10.5. The van der Waals surface area contributed by atoms with Gasteiger partial charge in [0.25, 0.3) is 0 Å². The number of aliphatic carboxylic acids is 1. The van der Waals surface area contributed by atoms with Gasteiger partial charge in [-0.25, -0.2) is 9.59 Å². The largest absolute Gasteiger partial charge is 0.479 e. The SMILES string of the molecule is CCOC(=O)[C@@H](NC(C)=O)C(=O)O. The number of nitrogens with one attached hydrogen (secondary N) is 1.